The zero-order chi connectivity index (χ0) is 21.4. The summed E-state index contributed by atoms with van der Waals surface area (Å²) in [6, 6.07) is 3.08. The lowest BCUT2D eigenvalue weighted by atomic mass is 10.2. The van der Waals surface area contributed by atoms with E-state index in [1.54, 1.807) is 0 Å². The average Bonchev–Trinajstić information content (AvgIpc) is 3.10. The number of alkyl halides is 6. The molecule has 3 aromatic heterocycles. The molecule has 3 rings (SSSR count). The minimum Gasteiger partial charge on any atom is -0.329 e. The van der Waals surface area contributed by atoms with Crippen LogP contribution >= 0.6 is 0 Å². The van der Waals surface area contributed by atoms with E-state index in [1.807, 2.05) is 0 Å². The number of nitrogens with zero attached hydrogens (tertiary/aromatic N) is 5. The fourth-order valence-corrected chi connectivity index (χ4v) is 2.39. The van der Waals surface area contributed by atoms with Gasteiger partial charge in [-0.3, -0.25) is 4.79 Å². The van der Waals surface area contributed by atoms with Gasteiger partial charge in [-0.25, -0.2) is 9.97 Å². The first-order valence-corrected chi connectivity index (χ1v) is 7.97. The Labute approximate surface area is 158 Å². The van der Waals surface area contributed by atoms with Gasteiger partial charge in [0.1, 0.15) is 11.5 Å². The van der Waals surface area contributed by atoms with Crippen LogP contribution in [0.1, 0.15) is 23.1 Å². The van der Waals surface area contributed by atoms with Crippen LogP contribution in [0.15, 0.2) is 33.7 Å². The van der Waals surface area contributed by atoms with E-state index in [9.17, 15) is 31.1 Å². The molecule has 3 heterocycles. The molecule has 0 fully saturated rings. The van der Waals surface area contributed by atoms with Gasteiger partial charge in [-0.2, -0.15) is 31.3 Å². The summed E-state index contributed by atoms with van der Waals surface area (Å²) >= 11 is 0. The van der Waals surface area contributed by atoms with Crippen LogP contribution in [-0.2, 0) is 25.3 Å². The second-order valence-electron chi connectivity index (χ2n) is 5.93. The second kappa shape index (κ2) is 7.29. The molecule has 0 aromatic carbocycles. The SMILES string of the molecule is Cc1cc(C(F)(F)F)nc(CCn2ccc(-c3noc(C(F)(F)F)n3)cc2=O)n1. The monoisotopic (exact) mass is 419 g/mol. The van der Waals surface area contributed by atoms with Gasteiger partial charge in [0.05, 0.1) is 0 Å². The number of hydrogen-bond donors (Lipinski definition) is 0. The van der Waals surface area contributed by atoms with Crippen molar-refractivity contribution < 1.29 is 30.9 Å². The van der Waals surface area contributed by atoms with Gasteiger partial charge in [0.15, 0.2) is 0 Å². The van der Waals surface area contributed by atoms with Crippen molar-refractivity contribution in [3.63, 3.8) is 0 Å². The normalized spacial score (nSPS) is 12.4. The molecule has 0 saturated carbocycles. The molecule has 0 radical (unpaired) electrons. The van der Waals surface area contributed by atoms with Crippen molar-refractivity contribution in [2.45, 2.75) is 32.2 Å². The predicted octanol–water partition coefficient (Wildman–Crippen LogP) is 3.28. The van der Waals surface area contributed by atoms with Crippen molar-refractivity contribution in [1.29, 1.82) is 0 Å². The Kier molecular flexibility index (Phi) is 5.15. The maximum atomic E-state index is 12.8. The van der Waals surface area contributed by atoms with Crippen molar-refractivity contribution >= 4 is 0 Å². The third-order valence-electron chi connectivity index (χ3n) is 3.69. The van der Waals surface area contributed by atoms with E-state index < -0.39 is 35.3 Å². The first-order chi connectivity index (χ1) is 13.4. The third-order valence-corrected chi connectivity index (χ3v) is 3.69. The smallest absolute Gasteiger partial charge is 0.329 e. The lowest BCUT2D eigenvalue weighted by Gasteiger charge is -2.10. The second-order valence-corrected chi connectivity index (χ2v) is 5.93. The van der Waals surface area contributed by atoms with E-state index in [2.05, 4.69) is 24.6 Å². The summed E-state index contributed by atoms with van der Waals surface area (Å²) in [4.78, 5) is 22.7. The summed E-state index contributed by atoms with van der Waals surface area (Å²) in [5.41, 5.74) is -1.58. The molecule has 3 aromatic rings. The minimum atomic E-state index is -4.82. The highest BCUT2D eigenvalue weighted by molar-refractivity contribution is 5.52. The van der Waals surface area contributed by atoms with Crippen LogP contribution in [0.5, 0.6) is 0 Å². The first kappa shape index (κ1) is 20.5. The summed E-state index contributed by atoms with van der Waals surface area (Å²) in [5.74, 6) is -2.06. The summed E-state index contributed by atoms with van der Waals surface area (Å²) in [5, 5.41) is 3.18. The topological polar surface area (TPSA) is 86.7 Å². The van der Waals surface area contributed by atoms with Gasteiger partial charge in [-0.05, 0) is 19.1 Å². The average molecular weight is 419 g/mol. The van der Waals surface area contributed by atoms with Gasteiger partial charge in [-0.15, -0.1) is 0 Å². The predicted molar refractivity (Wildman–Crippen MR) is 84.5 cm³/mol. The fourth-order valence-electron chi connectivity index (χ4n) is 2.39. The Morgan fingerprint density at radius 2 is 1.76 bits per heavy atom. The molecule has 0 spiro atoms. The van der Waals surface area contributed by atoms with Crippen LogP contribution in [0.2, 0.25) is 0 Å². The van der Waals surface area contributed by atoms with Crippen molar-refractivity contribution in [2.75, 3.05) is 0 Å². The summed E-state index contributed by atoms with van der Waals surface area (Å²) < 4.78 is 81.2. The van der Waals surface area contributed by atoms with E-state index >= 15 is 0 Å². The molecule has 0 unspecified atom stereocenters. The summed E-state index contributed by atoms with van der Waals surface area (Å²) in [7, 11) is 0. The molecule has 0 aliphatic rings. The maximum absolute atomic E-state index is 12.8. The molecule has 0 bridgehead atoms. The summed E-state index contributed by atoms with van der Waals surface area (Å²) in [6.45, 7) is 1.35. The molecule has 154 valence electrons. The number of aromatic nitrogens is 5. The number of hydrogen-bond acceptors (Lipinski definition) is 6. The molecule has 0 aliphatic carbocycles. The van der Waals surface area contributed by atoms with E-state index in [4.69, 9.17) is 0 Å². The van der Waals surface area contributed by atoms with Gasteiger partial charge in [0.2, 0.25) is 5.82 Å². The van der Waals surface area contributed by atoms with Crippen LogP contribution < -0.4 is 5.56 Å². The highest BCUT2D eigenvalue weighted by Gasteiger charge is 2.38. The highest BCUT2D eigenvalue weighted by Crippen LogP contribution is 2.29. The minimum absolute atomic E-state index is 0.00309. The summed E-state index contributed by atoms with van der Waals surface area (Å²) in [6.07, 6.45) is -8.25. The lowest BCUT2D eigenvalue weighted by Crippen LogP contribution is -2.21. The molecule has 0 amide bonds. The number of rotatable bonds is 4. The Bertz CT molecular complexity index is 1090. The van der Waals surface area contributed by atoms with Crippen LogP contribution in [0.25, 0.3) is 11.4 Å². The van der Waals surface area contributed by atoms with E-state index in [1.165, 1.54) is 19.2 Å². The van der Waals surface area contributed by atoms with Crippen LogP contribution in [0, 0.1) is 6.92 Å². The van der Waals surface area contributed by atoms with Crippen molar-refractivity contribution in [1.82, 2.24) is 24.7 Å². The zero-order valence-corrected chi connectivity index (χ0v) is 14.5. The Morgan fingerprint density at radius 1 is 1.03 bits per heavy atom. The van der Waals surface area contributed by atoms with Crippen molar-refractivity contribution in [3.05, 3.63) is 57.9 Å². The number of pyridine rings is 1. The lowest BCUT2D eigenvalue weighted by molar-refractivity contribution is -0.159. The fraction of sp³-hybridized carbons (Fsp3) is 0.312. The number of halogens is 6. The van der Waals surface area contributed by atoms with E-state index in [0.717, 1.165) is 16.7 Å². The van der Waals surface area contributed by atoms with Crippen LogP contribution in [-0.4, -0.2) is 24.7 Å². The molecule has 13 heteroatoms. The third kappa shape index (κ3) is 4.78. The molecule has 29 heavy (non-hydrogen) atoms. The van der Waals surface area contributed by atoms with Crippen LogP contribution in [0.3, 0.4) is 0 Å². The first-order valence-electron chi connectivity index (χ1n) is 7.97. The highest BCUT2D eigenvalue weighted by atomic mass is 19.4. The van der Waals surface area contributed by atoms with Gasteiger partial charge in [-0.1, -0.05) is 5.16 Å². The van der Waals surface area contributed by atoms with E-state index in [0.29, 0.717) is 0 Å². The van der Waals surface area contributed by atoms with Crippen molar-refractivity contribution in [2.24, 2.45) is 0 Å². The standard InChI is InChI=1S/C16H11F6N5O2/c1-8-6-10(15(17,18)19)24-11(23-8)3-5-27-4-2-9(7-12(27)28)13-25-14(29-26-13)16(20,21)22/h2,4,6-7H,3,5H2,1H3. The quantitative estimate of drug-likeness (QED) is 0.604. The molecule has 0 atom stereocenters. The molecular formula is C16H11F6N5O2. The molecule has 0 saturated heterocycles. The van der Waals surface area contributed by atoms with E-state index in [-0.39, 0.29) is 30.0 Å². The largest absolute Gasteiger partial charge is 0.471 e. The zero-order valence-electron chi connectivity index (χ0n) is 14.5. The Morgan fingerprint density at radius 3 is 2.34 bits per heavy atom. The maximum Gasteiger partial charge on any atom is 0.471 e. The number of aryl methyl sites for hydroxylation is 3. The van der Waals surface area contributed by atoms with Gasteiger partial charge in [0.25, 0.3) is 5.56 Å². The van der Waals surface area contributed by atoms with Gasteiger partial charge >= 0.3 is 18.2 Å². The molecular weight excluding hydrogens is 408 g/mol. The molecule has 0 N–H and O–H groups in total. The van der Waals surface area contributed by atoms with Crippen molar-refractivity contribution in [3.8, 4) is 11.4 Å². The van der Waals surface area contributed by atoms with Crippen LogP contribution in [0.4, 0.5) is 26.3 Å². The Hall–Kier alpha value is -3.25. The molecule has 7 nitrogen and oxygen atoms in total. The van der Waals surface area contributed by atoms with Gasteiger partial charge < -0.3 is 9.09 Å². The molecule has 0 aliphatic heterocycles. The Balaban J connectivity index is 1.78. The van der Waals surface area contributed by atoms with Gasteiger partial charge in [0, 0.05) is 36.5 Å².